The molecule has 0 bridgehead atoms. The minimum atomic E-state index is -0.577. The van der Waals surface area contributed by atoms with Gasteiger partial charge in [-0.2, -0.15) is 0 Å². The van der Waals surface area contributed by atoms with Gasteiger partial charge in [-0.1, -0.05) is 62.4 Å². The van der Waals surface area contributed by atoms with Crippen LogP contribution < -0.4 is 10.6 Å². The smallest absolute Gasteiger partial charge is 0.253 e. The maximum Gasteiger partial charge on any atom is 0.253 e. The van der Waals surface area contributed by atoms with Crippen molar-refractivity contribution in [1.82, 2.24) is 20.5 Å². The fourth-order valence-electron chi connectivity index (χ4n) is 4.38. The van der Waals surface area contributed by atoms with E-state index in [9.17, 15) is 9.59 Å². The van der Waals surface area contributed by atoms with Gasteiger partial charge >= 0.3 is 0 Å². The lowest BCUT2D eigenvalue weighted by Crippen LogP contribution is -2.50. The molecule has 6 heteroatoms. The second kappa shape index (κ2) is 10.6. The van der Waals surface area contributed by atoms with Gasteiger partial charge in [-0.3, -0.25) is 19.5 Å². The highest BCUT2D eigenvalue weighted by atomic mass is 16.2. The first-order chi connectivity index (χ1) is 16.0. The van der Waals surface area contributed by atoms with E-state index in [2.05, 4.69) is 58.6 Å². The first kappa shape index (κ1) is 22.9. The van der Waals surface area contributed by atoms with Gasteiger partial charge < -0.3 is 10.6 Å². The van der Waals surface area contributed by atoms with Crippen molar-refractivity contribution < 1.29 is 9.59 Å². The summed E-state index contributed by atoms with van der Waals surface area (Å²) in [5, 5.41) is 7.03. The first-order valence-corrected chi connectivity index (χ1v) is 11.7. The largest absolute Gasteiger partial charge is 0.350 e. The zero-order chi connectivity index (χ0) is 23.2. The molecule has 6 nitrogen and oxygen atoms in total. The fourth-order valence-corrected chi connectivity index (χ4v) is 4.38. The van der Waals surface area contributed by atoms with E-state index in [1.165, 1.54) is 5.56 Å². The second-order valence-electron chi connectivity index (χ2n) is 9.29. The molecule has 1 aliphatic rings. The summed E-state index contributed by atoms with van der Waals surface area (Å²) >= 11 is 0. The van der Waals surface area contributed by atoms with E-state index in [0.29, 0.717) is 12.0 Å². The van der Waals surface area contributed by atoms with Crippen LogP contribution in [0.15, 0.2) is 66.9 Å². The number of amides is 2. The summed E-state index contributed by atoms with van der Waals surface area (Å²) in [5.41, 5.74) is 2.58. The highest BCUT2D eigenvalue weighted by Crippen LogP contribution is 2.16. The molecule has 0 saturated carbocycles. The number of fused-ring (bicyclic) bond motifs is 1. The lowest BCUT2D eigenvalue weighted by Gasteiger charge is -2.23. The Bertz CT molecular complexity index is 1100. The summed E-state index contributed by atoms with van der Waals surface area (Å²) in [6.45, 7) is 6.76. The van der Waals surface area contributed by atoms with Crippen molar-refractivity contribution in [3.05, 3.63) is 78.0 Å². The Balaban J connectivity index is 1.37. The van der Waals surface area contributed by atoms with Crippen LogP contribution in [0.2, 0.25) is 0 Å². The van der Waals surface area contributed by atoms with Gasteiger partial charge in [0.1, 0.15) is 6.04 Å². The summed E-state index contributed by atoms with van der Waals surface area (Å²) in [7, 11) is 0. The summed E-state index contributed by atoms with van der Waals surface area (Å²) < 4.78 is 0. The molecule has 2 amide bonds. The monoisotopic (exact) mass is 444 g/mol. The topological polar surface area (TPSA) is 74.3 Å². The Labute approximate surface area is 195 Å². The lowest BCUT2D eigenvalue weighted by molar-refractivity contribution is -0.124. The molecule has 1 aromatic heterocycles. The Hall–Kier alpha value is -3.25. The molecule has 0 aliphatic carbocycles. The first-order valence-electron chi connectivity index (χ1n) is 11.7. The van der Waals surface area contributed by atoms with Gasteiger partial charge in [-0.15, -0.1) is 0 Å². The van der Waals surface area contributed by atoms with E-state index in [0.717, 1.165) is 37.0 Å². The van der Waals surface area contributed by atoms with Crippen LogP contribution in [-0.2, 0) is 11.3 Å². The predicted octanol–water partition coefficient (Wildman–Crippen LogP) is 3.77. The van der Waals surface area contributed by atoms with Gasteiger partial charge in [0.15, 0.2) is 0 Å². The Morgan fingerprint density at radius 2 is 1.85 bits per heavy atom. The number of aromatic nitrogens is 1. The van der Waals surface area contributed by atoms with Crippen LogP contribution in [0.3, 0.4) is 0 Å². The zero-order valence-electron chi connectivity index (χ0n) is 19.3. The van der Waals surface area contributed by atoms with Crippen LogP contribution in [0.4, 0.5) is 0 Å². The molecule has 2 heterocycles. The number of hydrogen-bond acceptors (Lipinski definition) is 4. The summed E-state index contributed by atoms with van der Waals surface area (Å²) in [6.07, 6.45) is 3.06. The number of para-hydroxylation sites is 1. The molecule has 172 valence electrons. The van der Waals surface area contributed by atoms with Gasteiger partial charge in [-0.25, -0.2) is 0 Å². The predicted molar refractivity (Wildman–Crippen MR) is 131 cm³/mol. The van der Waals surface area contributed by atoms with Crippen molar-refractivity contribution in [1.29, 1.82) is 0 Å². The molecule has 2 N–H and O–H groups in total. The molecule has 0 spiro atoms. The molecule has 3 aromatic rings. The molecular weight excluding hydrogens is 412 g/mol. The van der Waals surface area contributed by atoms with E-state index in [-0.39, 0.29) is 23.8 Å². The lowest BCUT2D eigenvalue weighted by atomic mass is 10.0. The molecule has 2 atom stereocenters. The second-order valence-corrected chi connectivity index (χ2v) is 9.29. The van der Waals surface area contributed by atoms with Crippen molar-refractivity contribution in [3.63, 3.8) is 0 Å². The average Bonchev–Trinajstić information content (AvgIpc) is 3.25. The normalized spacial score (nSPS) is 17.2. The SMILES string of the molecule is CC(C)C[C@H](NC(=O)c1cnc2ccccc2c1)C(=O)N[C@@H]1CCN(Cc2ccccc2)C1. The molecule has 0 radical (unpaired) electrons. The number of pyridine rings is 1. The highest BCUT2D eigenvalue weighted by molar-refractivity contribution is 5.99. The number of likely N-dealkylation sites (tertiary alicyclic amines) is 1. The molecular formula is C27H32N4O2. The number of carbonyl (C=O) groups excluding carboxylic acids is 2. The fraction of sp³-hybridized carbons (Fsp3) is 0.370. The molecule has 1 fully saturated rings. The number of nitrogens with one attached hydrogen (secondary N) is 2. The minimum absolute atomic E-state index is 0.0927. The number of carbonyl (C=O) groups is 2. The summed E-state index contributed by atoms with van der Waals surface area (Å²) in [5.74, 6) is -0.113. The average molecular weight is 445 g/mol. The van der Waals surface area contributed by atoms with Crippen LogP contribution in [0.25, 0.3) is 10.9 Å². The van der Waals surface area contributed by atoms with E-state index < -0.39 is 6.04 Å². The third-order valence-electron chi connectivity index (χ3n) is 6.05. The quantitative estimate of drug-likeness (QED) is 0.555. The molecule has 2 aromatic carbocycles. The molecule has 4 rings (SSSR count). The Morgan fingerprint density at radius 1 is 1.09 bits per heavy atom. The third-order valence-corrected chi connectivity index (χ3v) is 6.05. The molecule has 33 heavy (non-hydrogen) atoms. The number of benzene rings is 2. The van der Waals surface area contributed by atoms with E-state index in [1.54, 1.807) is 6.20 Å². The standard InChI is InChI=1S/C27H32N4O2/c1-19(2)14-25(30-26(32)22-15-21-10-6-7-11-24(21)28-16-22)27(33)29-23-12-13-31(18-23)17-20-8-4-3-5-9-20/h3-11,15-16,19,23,25H,12-14,17-18H2,1-2H3,(H,29,33)(H,30,32)/t23-,25+/m1/s1. The maximum atomic E-state index is 13.1. The van der Waals surface area contributed by atoms with Crippen molar-refractivity contribution in [2.24, 2.45) is 5.92 Å². The van der Waals surface area contributed by atoms with Crippen LogP contribution in [0.5, 0.6) is 0 Å². The molecule has 1 saturated heterocycles. The summed E-state index contributed by atoms with van der Waals surface area (Å²) in [6, 6.07) is 19.4. The van der Waals surface area contributed by atoms with Gasteiger partial charge in [0.05, 0.1) is 11.1 Å². The zero-order valence-corrected chi connectivity index (χ0v) is 19.3. The van der Waals surface area contributed by atoms with Gasteiger partial charge in [0.25, 0.3) is 5.91 Å². The Kier molecular flexibility index (Phi) is 7.35. The van der Waals surface area contributed by atoms with Crippen LogP contribution in [-0.4, -0.2) is 46.9 Å². The highest BCUT2D eigenvalue weighted by Gasteiger charge is 2.28. The Morgan fingerprint density at radius 3 is 2.64 bits per heavy atom. The van der Waals surface area contributed by atoms with Crippen LogP contribution >= 0.6 is 0 Å². The minimum Gasteiger partial charge on any atom is -0.350 e. The summed E-state index contributed by atoms with van der Waals surface area (Å²) in [4.78, 5) is 32.8. The van der Waals surface area contributed by atoms with Crippen LogP contribution in [0, 0.1) is 5.92 Å². The van der Waals surface area contributed by atoms with E-state index >= 15 is 0 Å². The molecule has 0 unspecified atom stereocenters. The maximum absolute atomic E-state index is 13.1. The van der Waals surface area contributed by atoms with Gasteiger partial charge in [0.2, 0.25) is 5.91 Å². The number of rotatable bonds is 8. The van der Waals surface area contributed by atoms with Crippen molar-refractivity contribution in [3.8, 4) is 0 Å². The van der Waals surface area contributed by atoms with Crippen molar-refractivity contribution >= 4 is 22.7 Å². The van der Waals surface area contributed by atoms with Crippen molar-refractivity contribution in [2.75, 3.05) is 13.1 Å². The van der Waals surface area contributed by atoms with E-state index in [4.69, 9.17) is 0 Å². The third kappa shape index (κ3) is 6.17. The number of hydrogen-bond donors (Lipinski definition) is 2. The molecule has 1 aliphatic heterocycles. The van der Waals surface area contributed by atoms with Crippen molar-refractivity contribution in [2.45, 2.75) is 45.3 Å². The van der Waals surface area contributed by atoms with Gasteiger partial charge in [-0.05, 0) is 36.5 Å². The van der Waals surface area contributed by atoms with E-state index in [1.807, 2.05) is 36.4 Å². The van der Waals surface area contributed by atoms with Crippen LogP contribution in [0.1, 0.15) is 42.6 Å². The number of nitrogens with zero attached hydrogens (tertiary/aromatic N) is 2. The van der Waals surface area contributed by atoms with Gasteiger partial charge in [0, 0.05) is 37.3 Å².